The third kappa shape index (κ3) is 5.63. The maximum Gasteiger partial charge on any atom is 0.143 e. The van der Waals surface area contributed by atoms with Crippen LogP contribution in [0.1, 0.15) is 22.3 Å². The van der Waals surface area contributed by atoms with Crippen LogP contribution in [-0.2, 0) is 5.41 Å². The van der Waals surface area contributed by atoms with Gasteiger partial charge in [0, 0.05) is 33.4 Å². The van der Waals surface area contributed by atoms with Crippen LogP contribution in [0.4, 0.5) is 17.1 Å². The molecule has 0 radical (unpaired) electrons. The second kappa shape index (κ2) is 14.7. The molecule has 0 N–H and O–H groups in total. The topological polar surface area (TPSA) is 16.4 Å². The molecule has 0 fully saturated rings. The van der Waals surface area contributed by atoms with Crippen LogP contribution < -0.4 is 4.90 Å². The van der Waals surface area contributed by atoms with Crippen LogP contribution in [-0.4, -0.2) is 0 Å². The summed E-state index contributed by atoms with van der Waals surface area (Å²) < 4.78 is 6.55. The Morgan fingerprint density at radius 3 is 1.45 bits per heavy atom. The maximum atomic E-state index is 6.55. The van der Waals surface area contributed by atoms with Crippen molar-refractivity contribution in [3.05, 3.63) is 271 Å². The van der Waals surface area contributed by atoms with Crippen LogP contribution in [0.25, 0.3) is 88.3 Å². The second-order valence-corrected chi connectivity index (χ2v) is 18.0. The predicted octanol–water partition coefficient (Wildman–Crippen LogP) is 17.6. The largest absolute Gasteiger partial charge is 0.455 e. The lowest BCUT2D eigenvalue weighted by molar-refractivity contribution is 0.670. The van der Waals surface area contributed by atoms with Gasteiger partial charge in [-0.15, -0.1) is 0 Å². The standard InChI is InChI=1S/C65H41NO/c1-2-14-45(15-3-1)52-20-12-21-57-58-40-48(31-38-63(58)67-64(52)57)44-29-34-50(35-30-44)66(49-32-27-43(28-33-49)47-26-25-42-13-4-5-16-46(42)39-47)51-36-37-56-55-19-8-11-24-61(55)65(62(56)41-51)59-22-9-6-17-53(59)54-18-7-10-23-60(54)65/h1-41H. The minimum atomic E-state index is -0.442. The van der Waals surface area contributed by atoms with Crippen molar-refractivity contribution in [1.29, 1.82) is 0 Å². The molecule has 0 aliphatic heterocycles. The number of fused-ring (bicyclic) bond motifs is 14. The van der Waals surface area contributed by atoms with Crippen molar-refractivity contribution in [2.45, 2.75) is 5.41 Å². The molecule has 0 unspecified atom stereocenters. The van der Waals surface area contributed by atoms with Crippen molar-refractivity contribution in [3.63, 3.8) is 0 Å². The van der Waals surface area contributed by atoms with E-state index in [2.05, 4.69) is 254 Å². The quantitative estimate of drug-likeness (QED) is 0.166. The highest BCUT2D eigenvalue weighted by atomic mass is 16.3. The van der Waals surface area contributed by atoms with E-state index in [1.807, 2.05) is 0 Å². The number of furan rings is 1. The monoisotopic (exact) mass is 851 g/mol. The van der Waals surface area contributed by atoms with E-state index in [0.29, 0.717) is 0 Å². The summed E-state index contributed by atoms with van der Waals surface area (Å²) >= 11 is 0. The van der Waals surface area contributed by atoms with Crippen molar-refractivity contribution in [2.24, 2.45) is 0 Å². The van der Waals surface area contributed by atoms with E-state index in [1.54, 1.807) is 0 Å². The Morgan fingerprint density at radius 1 is 0.284 bits per heavy atom. The van der Waals surface area contributed by atoms with E-state index in [9.17, 15) is 0 Å². The highest BCUT2D eigenvalue weighted by Gasteiger charge is 2.51. The molecular formula is C65H41NO. The Hall–Kier alpha value is -8.72. The Balaban J connectivity index is 0.913. The van der Waals surface area contributed by atoms with Gasteiger partial charge in [-0.3, -0.25) is 0 Å². The first-order valence-corrected chi connectivity index (χ1v) is 23.2. The summed E-state index contributed by atoms with van der Waals surface area (Å²) in [7, 11) is 0. The van der Waals surface area contributed by atoms with E-state index >= 15 is 0 Å². The molecule has 0 amide bonds. The van der Waals surface area contributed by atoms with Gasteiger partial charge in [0.2, 0.25) is 0 Å². The Kier molecular flexibility index (Phi) is 8.23. The summed E-state index contributed by atoms with van der Waals surface area (Å²) in [4.78, 5) is 2.43. The Bertz CT molecular complexity index is 3850. The number of benzene rings is 11. The van der Waals surface area contributed by atoms with Gasteiger partial charge in [-0.05, 0) is 138 Å². The highest BCUT2D eigenvalue weighted by molar-refractivity contribution is 6.10. The summed E-state index contributed by atoms with van der Waals surface area (Å²) in [5.41, 5.74) is 22.1. The molecule has 2 aliphatic rings. The molecule has 2 aliphatic carbocycles. The molecule has 12 aromatic rings. The van der Waals surface area contributed by atoms with Gasteiger partial charge in [0.1, 0.15) is 11.2 Å². The molecule has 1 aromatic heterocycles. The first-order valence-electron chi connectivity index (χ1n) is 23.2. The van der Waals surface area contributed by atoms with Gasteiger partial charge < -0.3 is 9.32 Å². The Labute approximate surface area is 389 Å². The van der Waals surface area contributed by atoms with E-state index in [1.165, 1.54) is 66.4 Å². The fourth-order valence-corrected chi connectivity index (χ4v) is 11.5. The van der Waals surface area contributed by atoms with Crippen LogP contribution in [0.3, 0.4) is 0 Å². The van der Waals surface area contributed by atoms with Crippen LogP contribution in [0, 0.1) is 0 Å². The summed E-state index contributed by atoms with van der Waals surface area (Å²) in [6, 6.07) is 91.3. The zero-order valence-electron chi connectivity index (χ0n) is 36.5. The van der Waals surface area contributed by atoms with E-state index in [4.69, 9.17) is 4.42 Å². The van der Waals surface area contributed by atoms with Crippen LogP contribution in [0.15, 0.2) is 253 Å². The molecule has 2 nitrogen and oxygen atoms in total. The predicted molar refractivity (Wildman–Crippen MR) is 279 cm³/mol. The van der Waals surface area contributed by atoms with E-state index in [-0.39, 0.29) is 0 Å². The van der Waals surface area contributed by atoms with Crippen molar-refractivity contribution >= 4 is 49.8 Å². The third-order valence-electron chi connectivity index (χ3n) is 14.5. The fraction of sp³-hybridized carbons (Fsp3) is 0.0154. The van der Waals surface area contributed by atoms with E-state index < -0.39 is 5.41 Å². The number of hydrogen-bond donors (Lipinski definition) is 0. The van der Waals surface area contributed by atoms with Crippen molar-refractivity contribution in [1.82, 2.24) is 0 Å². The minimum absolute atomic E-state index is 0.442. The van der Waals surface area contributed by atoms with Gasteiger partial charge in [0.05, 0.1) is 5.41 Å². The van der Waals surface area contributed by atoms with Gasteiger partial charge in [0.25, 0.3) is 0 Å². The smallest absolute Gasteiger partial charge is 0.143 e. The molecule has 0 atom stereocenters. The van der Waals surface area contributed by atoms with Gasteiger partial charge in [-0.1, -0.05) is 194 Å². The molecular weight excluding hydrogens is 811 g/mol. The van der Waals surface area contributed by atoms with Crippen LogP contribution >= 0.6 is 0 Å². The summed E-state index contributed by atoms with van der Waals surface area (Å²) in [6.45, 7) is 0. The summed E-state index contributed by atoms with van der Waals surface area (Å²) in [5, 5.41) is 4.73. The number of anilines is 3. The fourth-order valence-electron chi connectivity index (χ4n) is 11.5. The maximum absolute atomic E-state index is 6.55. The number of hydrogen-bond acceptors (Lipinski definition) is 2. The molecule has 14 rings (SSSR count). The average Bonchev–Trinajstić information content (AvgIpc) is 4.03. The molecule has 0 saturated heterocycles. The van der Waals surface area contributed by atoms with Gasteiger partial charge in [0.15, 0.2) is 0 Å². The molecule has 0 bridgehead atoms. The van der Waals surface area contributed by atoms with Crippen LogP contribution in [0.5, 0.6) is 0 Å². The second-order valence-electron chi connectivity index (χ2n) is 18.0. The number of para-hydroxylation sites is 1. The van der Waals surface area contributed by atoms with Crippen molar-refractivity contribution < 1.29 is 4.42 Å². The minimum Gasteiger partial charge on any atom is -0.455 e. The highest BCUT2D eigenvalue weighted by Crippen LogP contribution is 2.63. The third-order valence-corrected chi connectivity index (χ3v) is 14.5. The number of nitrogens with zero attached hydrogens (tertiary/aromatic N) is 1. The van der Waals surface area contributed by atoms with Gasteiger partial charge >= 0.3 is 0 Å². The molecule has 2 heteroatoms. The van der Waals surface area contributed by atoms with Gasteiger partial charge in [-0.2, -0.15) is 0 Å². The average molecular weight is 852 g/mol. The zero-order chi connectivity index (χ0) is 44.1. The lowest BCUT2D eigenvalue weighted by Crippen LogP contribution is -2.26. The lowest BCUT2D eigenvalue weighted by Gasteiger charge is -2.32. The first kappa shape index (κ1) is 37.6. The SMILES string of the molecule is c1ccc(-c2cccc3c2oc2ccc(-c4ccc(N(c5ccc(-c6ccc7ccccc7c6)cc5)c5ccc6c(c5)C5(c7ccccc7-c7ccccc75)c5ccccc5-6)cc4)cc23)cc1. The summed E-state index contributed by atoms with van der Waals surface area (Å²) in [5.74, 6) is 0. The molecule has 11 aromatic carbocycles. The molecule has 312 valence electrons. The first-order chi connectivity index (χ1) is 33.2. The molecule has 1 heterocycles. The molecule has 67 heavy (non-hydrogen) atoms. The zero-order valence-corrected chi connectivity index (χ0v) is 36.5. The van der Waals surface area contributed by atoms with E-state index in [0.717, 1.165) is 61.3 Å². The lowest BCUT2D eigenvalue weighted by atomic mass is 9.70. The molecule has 1 spiro atoms. The number of rotatable bonds is 6. The van der Waals surface area contributed by atoms with Gasteiger partial charge in [-0.25, -0.2) is 0 Å². The van der Waals surface area contributed by atoms with Crippen LogP contribution in [0.2, 0.25) is 0 Å². The normalized spacial score (nSPS) is 12.9. The molecule has 0 saturated carbocycles. The van der Waals surface area contributed by atoms with Crippen molar-refractivity contribution in [3.8, 4) is 55.6 Å². The Morgan fingerprint density at radius 2 is 0.791 bits per heavy atom. The van der Waals surface area contributed by atoms with Crippen molar-refractivity contribution in [2.75, 3.05) is 4.90 Å². The summed E-state index contributed by atoms with van der Waals surface area (Å²) in [6.07, 6.45) is 0.